The maximum absolute atomic E-state index is 12.0. The van der Waals surface area contributed by atoms with Crippen LogP contribution in [0.4, 0.5) is 0 Å². The van der Waals surface area contributed by atoms with Gasteiger partial charge in [-0.25, -0.2) is 9.78 Å². The minimum Gasteiger partial charge on any atom is -0.422 e. The van der Waals surface area contributed by atoms with Crippen molar-refractivity contribution < 1.29 is 9.53 Å². The lowest BCUT2D eigenvalue weighted by Crippen LogP contribution is -2.10. The molecule has 0 aliphatic heterocycles. The van der Waals surface area contributed by atoms with Gasteiger partial charge in [0.05, 0.1) is 15.8 Å². The molecule has 1 aromatic heterocycles. The summed E-state index contributed by atoms with van der Waals surface area (Å²) in [5.74, 6) is 0.176. The van der Waals surface area contributed by atoms with Crippen molar-refractivity contribution in [3.63, 3.8) is 0 Å². The van der Waals surface area contributed by atoms with Crippen LogP contribution in [0.15, 0.2) is 54.6 Å². The number of aromatic nitrogens is 1. The van der Waals surface area contributed by atoms with Gasteiger partial charge in [0, 0.05) is 5.57 Å². The van der Waals surface area contributed by atoms with Crippen molar-refractivity contribution in [2.24, 2.45) is 0 Å². The van der Waals surface area contributed by atoms with Crippen molar-refractivity contribution >= 4 is 27.5 Å². The monoisotopic (exact) mass is 323 g/mol. The Labute approximate surface area is 139 Å². The van der Waals surface area contributed by atoms with Crippen LogP contribution in [0.3, 0.4) is 0 Å². The molecule has 0 bridgehead atoms. The number of benzene rings is 2. The molecule has 2 aromatic carbocycles. The number of aryl methyl sites for hydroxylation is 1. The molecule has 23 heavy (non-hydrogen) atoms. The number of hydrogen-bond acceptors (Lipinski definition) is 4. The Bertz CT molecular complexity index is 862. The Morgan fingerprint density at radius 3 is 2.70 bits per heavy atom. The lowest BCUT2D eigenvalue weighted by Gasteiger charge is -2.12. The highest BCUT2D eigenvalue weighted by Gasteiger charge is 2.17. The summed E-state index contributed by atoms with van der Waals surface area (Å²) >= 11 is 1.59. The van der Waals surface area contributed by atoms with Gasteiger partial charge in [-0.3, -0.25) is 0 Å². The van der Waals surface area contributed by atoms with Crippen molar-refractivity contribution in [2.75, 3.05) is 0 Å². The van der Waals surface area contributed by atoms with E-state index in [0.29, 0.717) is 11.3 Å². The summed E-state index contributed by atoms with van der Waals surface area (Å²) < 4.78 is 6.72. The summed E-state index contributed by atoms with van der Waals surface area (Å²) in [6, 6.07) is 13.9. The van der Waals surface area contributed by atoms with Crippen molar-refractivity contribution in [2.45, 2.75) is 20.3 Å². The summed E-state index contributed by atoms with van der Waals surface area (Å²) in [5, 5.41) is 0.853. The first-order valence-electron chi connectivity index (χ1n) is 7.45. The van der Waals surface area contributed by atoms with Crippen LogP contribution in [-0.4, -0.2) is 11.0 Å². The van der Waals surface area contributed by atoms with Gasteiger partial charge >= 0.3 is 5.97 Å². The van der Waals surface area contributed by atoms with Gasteiger partial charge in [0.25, 0.3) is 0 Å². The minimum absolute atomic E-state index is 0.381. The third-order valence-corrected chi connectivity index (χ3v) is 4.61. The predicted molar refractivity (Wildman–Crippen MR) is 94.9 cm³/mol. The molecule has 1 heterocycles. The van der Waals surface area contributed by atoms with E-state index in [4.69, 9.17) is 4.74 Å². The molecule has 3 nitrogen and oxygen atoms in total. The van der Waals surface area contributed by atoms with Crippen molar-refractivity contribution in [1.29, 1.82) is 0 Å². The smallest absolute Gasteiger partial charge is 0.338 e. The van der Waals surface area contributed by atoms with E-state index >= 15 is 0 Å². The van der Waals surface area contributed by atoms with Crippen LogP contribution in [0, 0.1) is 0 Å². The van der Waals surface area contributed by atoms with Crippen molar-refractivity contribution in [3.05, 3.63) is 60.2 Å². The molecule has 0 N–H and O–H groups in total. The molecule has 3 rings (SSSR count). The largest absolute Gasteiger partial charge is 0.422 e. The van der Waals surface area contributed by atoms with Gasteiger partial charge in [0.2, 0.25) is 0 Å². The van der Waals surface area contributed by atoms with Crippen LogP contribution in [0.2, 0.25) is 0 Å². The van der Waals surface area contributed by atoms with Crippen LogP contribution in [0.5, 0.6) is 5.75 Å². The third kappa shape index (κ3) is 3.03. The summed E-state index contributed by atoms with van der Waals surface area (Å²) in [7, 11) is 0. The number of esters is 1. The van der Waals surface area contributed by atoms with Crippen LogP contribution in [-0.2, 0) is 11.2 Å². The Morgan fingerprint density at radius 1 is 1.22 bits per heavy atom. The molecular formula is C19H17NO2S. The third-order valence-electron chi connectivity index (χ3n) is 3.54. The molecule has 0 spiro atoms. The zero-order valence-corrected chi connectivity index (χ0v) is 13.9. The SMILES string of the molecule is C=C(C)C(=O)Oc1c(CC)cccc1-c1nc2ccccc2s1. The fourth-order valence-electron chi connectivity index (χ4n) is 2.32. The van der Waals surface area contributed by atoms with Crippen LogP contribution >= 0.6 is 11.3 Å². The molecule has 0 aliphatic carbocycles. The van der Waals surface area contributed by atoms with Gasteiger partial charge in [0.15, 0.2) is 0 Å². The first kappa shape index (κ1) is 15.4. The van der Waals surface area contributed by atoms with Gasteiger partial charge in [0.1, 0.15) is 10.8 Å². The first-order chi connectivity index (χ1) is 11.1. The van der Waals surface area contributed by atoms with Gasteiger partial charge < -0.3 is 4.74 Å². The quantitative estimate of drug-likeness (QED) is 0.385. The highest BCUT2D eigenvalue weighted by Crippen LogP contribution is 2.38. The molecule has 0 saturated heterocycles. The van der Waals surface area contributed by atoms with E-state index in [2.05, 4.69) is 11.6 Å². The Hall–Kier alpha value is -2.46. The Kier molecular flexibility index (Phi) is 4.26. The number of carbonyl (C=O) groups excluding carboxylic acids is 1. The van der Waals surface area contributed by atoms with E-state index in [0.717, 1.165) is 32.8 Å². The molecule has 0 aliphatic rings. The van der Waals surface area contributed by atoms with Gasteiger partial charge in [-0.05, 0) is 37.1 Å². The summed E-state index contributed by atoms with van der Waals surface area (Å²) in [6.45, 7) is 7.34. The standard InChI is InChI=1S/C19H17NO2S/c1-4-13-8-7-9-14(17(13)22-19(21)12(2)3)18-20-15-10-5-6-11-16(15)23-18/h5-11H,2,4H2,1,3H3. The fourth-order valence-corrected chi connectivity index (χ4v) is 3.31. The molecular weight excluding hydrogens is 306 g/mol. The maximum atomic E-state index is 12.0. The number of rotatable bonds is 4. The van der Waals surface area contributed by atoms with Crippen LogP contribution < -0.4 is 4.74 Å². The van der Waals surface area contributed by atoms with E-state index < -0.39 is 5.97 Å². The van der Waals surface area contributed by atoms with Crippen LogP contribution in [0.25, 0.3) is 20.8 Å². The Morgan fingerprint density at radius 2 is 2.00 bits per heavy atom. The first-order valence-corrected chi connectivity index (χ1v) is 8.27. The van der Waals surface area contributed by atoms with E-state index in [-0.39, 0.29) is 0 Å². The number of fused-ring (bicyclic) bond motifs is 1. The number of hydrogen-bond donors (Lipinski definition) is 0. The number of thiazole rings is 1. The number of nitrogens with zero attached hydrogens (tertiary/aromatic N) is 1. The zero-order chi connectivity index (χ0) is 16.4. The van der Waals surface area contributed by atoms with Gasteiger partial charge in [-0.2, -0.15) is 0 Å². The zero-order valence-electron chi connectivity index (χ0n) is 13.1. The molecule has 116 valence electrons. The highest BCUT2D eigenvalue weighted by molar-refractivity contribution is 7.21. The average Bonchev–Trinajstić information content (AvgIpc) is 2.98. The van der Waals surface area contributed by atoms with E-state index in [1.54, 1.807) is 18.3 Å². The summed E-state index contributed by atoms with van der Waals surface area (Å²) in [4.78, 5) is 16.7. The molecule has 0 saturated carbocycles. The highest BCUT2D eigenvalue weighted by atomic mass is 32.1. The van der Waals surface area contributed by atoms with Crippen LogP contribution in [0.1, 0.15) is 19.4 Å². The number of carbonyl (C=O) groups is 1. The molecule has 0 amide bonds. The topological polar surface area (TPSA) is 39.2 Å². The second-order valence-electron chi connectivity index (χ2n) is 5.30. The fraction of sp³-hybridized carbons (Fsp3) is 0.158. The predicted octanol–water partition coefficient (Wildman–Crippen LogP) is 5.01. The van der Waals surface area contributed by atoms with E-state index in [9.17, 15) is 4.79 Å². The van der Waals surface area contributed by atoms with Crippen molar-refractivity contribution in [3.8, 4) is 16.3 Å². The minimum atomic E-state index is -0.409. The second-order valence-corrected chi connectivity index (χ2v) is 6.33. The lowest BCUT2D eigenvalue weighted by atomic mass is 10.1. The summed E-state index contributed by atoms with van der Waals surface area (Å²) in [6.07, 6.45) is 0.775. The average molecular weight is 323 g/mol. The molecule has 0 fully saturated rings. The van der Waals surface area contributed by atoms with Gasteiger partial charge in [-0.15, -0.1) is 11.3 Å². The lowest BCUT2D eigenvalue weighted by molar-refractivity contribution is -0.130. The molecule has 0 atom stereocenters. The number of para-hydroxylation sites is 2. The normalized spacial score (nSPS) is 10.7. The maximum Gasteiger partial charge on any atom is 0.338 e. The van der Waals surface area contributed by atoms with Crippen molar-refractivity contribution in [1.82, 2.24) is 4.98 Å². The molecule has 4 heteroatoms. The molecule has 0 radical (unpaired) electrons. The van der Waals surface area contributed by atoms with Gasteiger partial charge in [-0.1, -0.05) is 37.8 Å². The van der Waals surface area contributed by atoms with E-state index in [1.165, 1.54) is 0 Å². The second kappa shape index (κ2) is 6.34. The number of ether oxygens (including phenoxy) is 1. The van der Waals surface area contributed by atoms with E-state index in [1.807, 2.05) is 49.4 Å². The molecule has 3 aromatic rings. The summed E-state index contributed by atoms with van der Waals surface area (Å²) in [5.41, 5.74) is 3.16. The Balaban J connectivity index is 2.14. The molecule has 0 unspecified atom stereocenters.